The van der Waals surface area contributed by atoms with Crippen LogP contribution >= 0.6 is 0 Å². The Morgan fingerprint density at radius 1 is 1.11 bits per heavy atom. The first-order valence-corrected chi connectivity index (χ1v) is 9.66. The minimum atomic E-state index is -0.888. The van der Waals surface area contributed by atoms with Crippen LogP contribution in [0.1, 0.15) is 28.9 Å². The average Bonchev–Trinajstić information content (AvgIpc) is 3.33. The maximum atomic E-state index is 13.0. The third-order valence-electron chi connectivity index (χ3n) is 6.13. The van der Waals surface area contributed by atoms with Gasteiger partial charge >= 0.3 is 5.97 Å². The summed E-state index contributed by atoms with van der Waals surface area (Å²) in [6.45, 7) is 6.47. The predicted molar refractivity (Wildman–Crippen MR) is 106 cm³/mol. The maximum absolute atomic E-state index is 13.0. The number of hydrogen-bond donors (Lipinski definition) is 2. The lowest BCUT2D eigenvalue weighted by molar-refractivity contribution is -0.146. The molecule has 28 heavy (non-hydrogen) atoms. The van der Waals surface area contributed by atoms with Crippen molar-refractivity contribution in [3.8, 4) is 0 Å². The van der Waals surface area contributed by atoms with Gasteiger partial charge in [0, 0.05) is 0 Å². The molecule has 2 aliphatic rings. The molecule has 2 N–H and O–H groups in total. The molecule has 146 valence electrons. The number of hydrogen-bond acceptors (Lipinski definition) is 3. The molecule has 2 aromatic rings. The normalized spacial score (nSPS) is 25.2. The number of rotatable bonds is 5. The summed E-state index contributed by atoms with van der Waals surface area (Å²) >= 11 is 0. The first kappa shape index (κ1) is 18.5. The third kappa shape index (κ3) is 3.13. The monoisotopic (exact) mass is 379 g/mol. The van der Waals surface area contributed by atoms with Crippen LogP contribution in [-0.2, 0) is 16.1 Å². The lowest BCUT2D eigenvalue weighted by Gasteiger charge is -2.23. The summed E-state index contributed by atoms with van der Waals surface area (Å²) in [5.74, 6) is -2.30. The number of aryl methyl sites for hydroxylation is 2. The Bertz CT molecular complexity index is 958. The first-order valence-electron chi connectivity index (χ1n) is 9.66. The number of nitrogens with one attached hydrogen (secondary N) is 1. The van der Waals surface area contributed by atoms with Gasteiger partial charge in [-0.15, -0.1) is 0 Å². The second kappa shape index (κ2) is 6.93. The van der Waals surface area contributed by atoms with E-state index in [1.165, 1.54) is 5.56 Å². The molecule has 2 bridgehead atoms. The van der Waals surface area contributed by atoms with Crippen LogP contribution in [0.5, 0.6) is 0 Å². The Balaban J connectivity index is 1.54. The summed E-state index contributed by atoms with van der Waals surface area (Å²) in [7, 11) is 0. The van der Waals surface area contributed by atoms with Gasteiger partial charge in [-0.2, -0.15) is 5.10 Å². The fourth-order valence-corrected chi connectivity index (χ4v) is 4.62. The van der Waals surface area contributed by atoms with Crippen LogP contribution in [0.15, 0.2) is 36.4 Å². The second-order valence-electron chi connectivity index (χ2n) is 8.02. The number of aromatic nitrogens is 2. The third-order valence-corrected chi connectivity index (χ3v) is 6.13. The quantitative estimate of drug-likeness (QED) is 0.781. The van der Waals surface area contributed by atoms with Crippen molar-refractivity contribution in [1.82, 2.24) is 9.78 Å². The van der Waals surface area contributed by atoms with Crippen LogP contribution in [0.2, 0.25) is 0 Å². The molecule has 0 radical (unpaired) electrons. The number of fused-ring (bicyclic) bond motifs is 2. The number of nitrogens with zero attached hydrogens (tertiary/aromatic N) is 2. The second-order valence-corrected chi connectivity index (χ2v) is 8.02. The molecule has 6 nitrogen and oxygen atoms in total. The van der Waals surface area contributed by atoms with E-state index in [1.54, 1.807) is 0 Å². The van der Waals surface area contributed by atoms with Gasteiger partial charge in [-0.05, 0) is 44.6 Å². The highest BCUT2D eigenvalue weighted by atomic mass is 16.4. The molecule has 0 unspecified atom stereocenters. The zero-order valence-corrected chi connectivity index (χ0v) is 16.3. The van der Waals surface area contributed by atoms with Crippen LogP contribution in [0, 0.1) is 44.4 Å². The van der Waals surface area contributed by atoms with E-state index in [9.17, 15) is 14.7 Å². The molecule has 1 heterocycles. The standard InChI is InChI=1S/C22H25N3O3/c1-12-4-6-15(7-5-12)11-25-14(3)20(13(2)24-25)23-21(26)18-16-8-9-17(10-16)19(18)22(27)28/h4-9,16-19H,10-11H2,1-3H3,(H,23,26)(H,27,28)/t16-,17+,18+,19+/m1/s1. The predicted octanol–water partition coefficient (Wildman–Crippen LogP) is 3.32. The number of benzene rings is 1. The number of amides is 1. The zero-order chi connectivity index (χ0) is 20.0. The minimum Gasteiger partial charge on any atom is -0.481 e. The van der Waals surface area contributed by atoms with Crippen LogP contribution in [0.4, 0.5) is 5.69 Å². The van der Waals surface area contributed by atoms with Crippen molar-refractivity contribution in [2.45, 2.75) is 33.7 Å². The molecule has 2 aliphatic carbocycles. The highest BCUT2D eigenvalue weighted by molar-refractivity contribution is 5.97. The Morgan fingerprint density at radius 2 is 1.75 bits per heavy atom. The van der Waals surface area contributed by atoms with Gasteiger partial charge in [0.1, 0.15) is 0 Å². The van der Waals surface area contributed by atoms with Crippen molar-refractivity contribution in [2.24, 2.45) is 23.7 Å². The van der Waals surface area contributed by atoms with E-state index in [4.69, 9.17) is 0 Å². The highest BCUT2D eigenvalue weighted by Gasteiger charge is 2.51. The molecule has 1 aromatic heterocycles. The Morgan fingerprint density at radius 3 is 2.39 bits per heavy atom. The molecule has 4 atom stereocenters. The van der Waals surface area contributed by atoms with Crippen molar-refractivity contribution in [3.63, 3.8) is 0 Å². The lowest BCUT2D eigenvalue weighted by Crippen LogP contribution is -2.36. The summed E-state index contributed by atoms with van der Waals surface area (Å²) in [6, 6.07) is 8.28. The SMILES string of the molecule is Cc1ccc(Cn2nc(C)c(NC(=O)[C@@H]3[C@@H](C(=O)O)[C@H]4C=C[C@@H]3C4)c2C)cc1. The van der Waals surface area contributed by atoms with E-state index in [2.05, 4.69) is 41.6 Å². The molecular weight excluding hydrogens is 354 g/mol. The molecule has 6 heteroatoms. The van der Waals surface area contributed by atoms with Crippen molar-refractivity contribution < 1.29 is 14.7 Å². The highest BCUT2D eigenvalue weighted by Crippen LogP contribution is 2.48. The molecule has 1 aromatic carbocycles. The van der Waals surface area contributed by atoms with E-state index >= 15 is 0 Å². The fraction of sp³-hybridized carbons (Fsp3) is 0.409. The molecule has 1 saturated carbocycles. The Kier molecular flexibility index (Phi) is 4.57. The molecule has 4 rings (SSSR count). The van der Waals surface area contributed by atoms with Gasteiger partial charge in [0.05, 0.1) is 35.5 Å². The summed E-state index contributed by atoms with van der Waals surface area (Å²) in [4.78, 5) is 24.7. The lowest BCUT2D eigenvalue weighted by atomic mass is 9.82. The van der Waals surface area contributed by atoms with Crippen LogP contribution in [0.25, 0.3) is 0 Å². The van der Waals surface area contributed by atoms with Gasteiger partial charge in [-0.1, -0.05) is 42.0 Å². The maximum Gasteiger partial charge on any atom is 0.307 e. The zero-order valence-electron chi connectivity index (χ0n) is 16.3. The fourth-order valence-electron chi connectivity index (χ4n) is 4.62. The van der Waals surface area contributed by atoms with E-state index in [0.29, 0.717) is 12.2 Å². The van der Waals surface area contributed by atoms with Crippen LogP contribution in [0.3, 0.4) is 0 Å². The van der Waals surface area contributed by atoms with Gasteiger partial charge in [0.15, 0.2) is 0 Å². The molecule has 0 saturated heterocycles. The molecule has 1 amide bonds. The van der Waals surface area contributed by atoms with Gasteiger partial charge in [-0.25, -0.2) is 0 Å². The number of anilines is 1. The number of carboxylic acid groups (broad SMARTS) is 1. The summed E-state index contributed by atoms with van der Waals surface area (Å²) in [6.07, 6.45) is 4.69. The minimum absolute atomic E-state index is 0.00863. The van der Waals surface area contributed by atoms with Crippen molar-refractivity contribution >= 4 is 17.6 Å². The largest absolute Gasteiger partial charge is 0.481 e. The number of aliphatic carboxylic acids is 1. The summed E-state index contributed by atoms with van der Waals surface area (Å²) < 4.78 is 1.88. The number of allylic oxidation sites excluding steroid dienone is 2. The first-order chi connectivity index (χ1) is 13.3. The van der Waals surface area contributed by atoms with E-state index in [-0.39, 0.29) is 17.7 Å². The number of carboxylic acids is 1. The average molecular weight is 379 g/mol. The molecule has 0 aliphatic heterocycles. The van der Waals surface area contributed by atoms with Crippen LogP contribution < -0.4 is 5.32 Å². The Labute approximate surface area is 164 Å². The van der Waals surface area contributed by atoms with Gasteiger partial charge in [0.25, 0.3) is 0 Å². The van der Waals surface area contributed by atoms with E-state index in [1.807, 2.05) is 30.7 Å². The van der Waals surface area contributed by atoms with Crippen molar-refractivity contribution in [3.05, 3.63) is 58.9 Å². The molecular formula is C22H25N3O3. The summed E-state index contributed by atoms with van der Waals surface area (Å²) in [5.41, 5.74) is 4.64. The summed E-state index contributed by atoms with van der Waals surface area (Å²) in [5, 5.41) is 17.2. The van der Waals surface area contributed by atoms with Gasteiger partial charge < -0.3 is 10.4 Å². The van der Waals surface area contributed by atoms with E-state index in [0.717, 1.165) is 23.4 Å². The number of carbonyl (C=O) groups excluding carboxylic acids is 1. The topological polar surface area (TPSA) is 84.2 Å². The van der Waals surface area contributed by atoms with Gasteiger partial charge in [0.2, 0.25) is 5.91 Å². The smallest absolute Gasteiger partial charge is 0.307 e. The molecule has 1 fully saturated rings. The number of carbonyl (C=O) groups is 2. The molecule has 0 spiro atoms. The van der Waals surface area contributed by atoms with Crippen LogP contribution in [-0.4, -0.2) is 26.8 Å². The van der Waals surface area contributed by atoms with Gasteiger partial charge in [-0.3, -0.25) is 14.3 Å². The van der Waals surface area contributed by atoms with Crippen molar-refractivity contribution in [1.29, 1.82) is 0 Å². The van der Waals surface area contributed by atoms with Crippen molar-refractivity contribution in [2.75, 3.05) is 5.32 Å². The van der Waals surface area contributed by atoms with E-state index < -0.39 is 17.8 Å². The Hall–Kier alpha value is -2.89.